The topological polar surface area (TPSA) is 67.8 Å². The van der Waals surface area contributed by atoms with Gasteiger partial charge in [-0.15, -0.1) is 0 Å². The minimum absolute atomic E-state index is 0.152. The van der Waals surface area contributed by atoms with Crippen molar-refractivity contribution >= 4 is 22.6 Å². The summed E-state index contributed by atoms with van der Waals surface area (Å²) in [6.07, 6.45) is 1.64. The van der Waals surface area contributed by atoms with Gasteiger partial charge >= 0.3 is 5.69 Å². The molecule has 0 spiro atoms. The van der Waals surface area contributed by atoms with Gasteiger partial charge in [0.15, 0.2) is 0 Å². The Morgan fingerprint density at radius 2 is 2.21 bits per heavy atom. The maximum absolute atomic E-state index is 11.5. The van der Waals surface area contributed by atoms with Crippen molar-refractivity contribution in [2.75, 3.05) is 0 Å². The van der Waals surface area contributed by atoms with E-state index >= 15 is 0 Å². The van der Waals surface area contributed by atoms with Gasteiger partial charge in [0, 0.05) is 19.8 Å². The molecule has 0 N–H and O–H groups in total. The molecule has 0 aliphatic heterocycles. The summed E-state index contributed by atoms with van der Waals surface area (Å²) in [4.78, 5) is 22.9. The Kier molecular flexibility index (Phi) is 3.46. The predicted octanol–water partition coefficient (Wildman–Crippen LogP) is 0.0653. The van der Waals surface area contributed by atoms with Crippen molar-refractivity contribution < 1.29 is 0 Å². The van der Waals surface area contributed by atoms with Crippen molar-refractivity contribution in [2.45, 2.75) is 13.0 Å². The summed E-state index contributed by atoms with van der Waals surface area (Å²) in [5, 5.41) is 8.37. The molecule has 1 heterocycles. The molecule has 0 aliphatic rings. The molecule has 14 heavy (non-hydrogen) atoms. The zero-order chi connectivity index (χ0) is 10.7. The van der Waals surface area contributed by atoms with E-state index in [4.69, 9.17) is 5.26 Å². The van der Waals surface area contributed by atoms with Crippen molar-refractivity contribution in [3.63, 3.8) is 0 Å². The molecule has 0 radical (unpaired) electrons. The van der Waals surface area contributed by atoms with Gasteiger partial charge in [-0.05, 0) is 22.6 Å². The first-order chi connectivity index (χ1) is 6.57. The van der Waals surface area contributed by atoms with Gasteiger partial charge < -0.3 is 4.57 Å². The minimum Gasteiger partial charge on any atom is -0.302 e. The standard InChI is InChI=1S/C8H8IN3O2/c1-11-5-6(9)7(13)12(8(11)14)4-2-3-10/h5H,2,4H2,1H3. The molecule has 0 amide bonds. The number of hydrogen-bond acceptors (Lipinski definition) is 3. The average molecular weight is 305 g/mol. The van der Waals surface area contributed by atoms with Crippen molar-refractivity contribution in [1.82, 2.24) is 9.13 Å². The zero-order valence-electron chi connectivity index (χ0n) is 7.53. The molecule has 74 valence electrons. The lowest BCUT2D eigenvalue weighted by Crippen LogP contribution is -2.39. The number of nitrogens with zero attached hydrogens (tertiary/aromatic N) is 3. The second-order valence-corrected chi connectivity index (χ2v) is 3.90. The predicted molar refractivity (Wildman–Crippen MR) is 58.9 cm³/mol. The van der Waals surface area contributed by atoms with E-state index in [0.29, 0.717) is 3.57 Å². The van der Waals surface area contributed by atoms with Crippen LogP contribution in [-0.2, 0) is 13.6 Å². The molecule has 0 atom stereocenters. The Morgan fingerprint density at radius 1 is 1.57 bits per heavy atom. The molecule has 0 saturated heterocycles. The van der Waals surface area contributed by atoms with Gasteiger partial charge in [-0.2, -0.15) is 5.26 Å². The summed E-state index contributed by atoms with van der Waals surface area (Å²) in [5.74, 6) is 0. The van der Waals surface area contributed by atoms with Gasteiger partial charge in [-0.25, -0.2) is 4.79 Å². The van der Waals surface area contributed by atoms with E-state index in [0.717, 1.165) is 4.57 Å². The number of halogens is 1. The highest BCUT2D eigenvalue weighted by Gasteiger charge is 2.06. The van der Waals surface area contributed by atoms with Gasteiger partial charge in [0.05, 0.1) is 16.1 Å². The Balaban J connectivity index is 3.35. The number of rotatable bonds is 2. The van der Waals surface area contributed by atoms with Crippen LogP contribution in [0.5, 0.6) is 0 Å². The largest absolute Gasteiger partial charge is 0.330 e. The van der Waals surface area contributed by atoms with Crippen LogP contribution < -0.4 is 11.2 Å². The maximum Gasteiger partial charge on any atom is 0.330 e. The third-order valence-corrected chi connectivity index (χ3v) is 2.48. The van der Waals surface area contributed by atoms with E-state index in [9.17, 15) is 9.59 Å². The monoisotopic (exact) mass is 305 g/mol. The first-order valence-corrected chi connectivity index (χ1v) is 4.98. The van der Waals surface area contributed by atoms with Crippen LogP contribution in [0.15, 0.2) is 15.8 Å². The lowest BCUT2D eigenvalue weighted by molar-refractivity contribution is 0.594. The molecule has 0 aliphatic carbocycles. The summed E-state index contributed by atoms with van der Waals surface area (Å²) in [7, 11) is 1.58. The van der Waals surface area contributed by atoms with Gasteiger partial charge in [0.1, 0.15) is 0 Å². The first kappa shape index (κ1) is 11.0. The normalized spacial score (nSPS) is 9.79. The van der Waals surface area contributed by atoms with Crippen LogP contribution in [0.4, 0.5) is 0 Å². The molecule has 5 nitrogen and oxygen atoms in total. The first-order valence-electron chi connectivity index (χ1n) is 3.91. The summed E-state index contributed by atoms with van der Waals surface area (Å²) in [5.41, 5.74) is -0.713. The third-order valence-electron chi connectivity index (χ3n) is 1.74. The highest BCUT2D eigenvalue weighted by molar-refractivity contribution is 14.1. The quantitative estimate of drug-likeness (QED) is 0.726. The van der Waals surface area contributed by atoms with Crippen LogP contribution in [0.25, 0.3) is 0 Å². The summed E-state index contributed by atoms with van der Waals surface area (Å²) >= 11 is 1.87. The summed E-state index contributed by atoms with van der Waals surface area (Å²) < 4.78 is 2.88. The Hall–Kier alpha value is -1.10. The number of nitriles is 1. The molecule has 1 rings (SSSR count). The molecular formula is C8H8IN3O2. The van der Waals surface area contributed by atoms with Crippen LogP contribution in [-0.4, -0.2) is 9.13 Å². The van der Waals surface area contributed by atoms with Gasteiger partial charge in [-0.3, -0.25) is 9.36 Å². The molecule has 6 heteroatoms. The fourth-order valence-electron chi connectivity index (χ4n) is 1.05. The lowest BCUT2D eigenvalue weighted by Gasteiger charge is -2.04. The Labute approximate surface area is 93.7 Å². The second-order valence-electron chi connectivity index (χ2n) is 2.74. The van der Waals surface area contributed by atoms with E-state index in [1.165, 1.54) is 10.8 Å². The van der Waals surface area contributed by atoms with E-state index in [-0.39, 0.29) is 24.2 Å². The molecule has 0 aromatic carbocycles. The van der Waals surface area contributed by atoms with Crippen molar-refractivity contribution in [3.8, 4) is 6.07 Å². The molecule has 0 unspecified atom stereocenters. The molecule has 0 saturated carbocycles. The molecule has 1 aromatic heterocycles. The van der Waals surface area contributed by atoms with Crippen molar-refractivity contribution in [2.24, 2.45) is 7.05 Å². The highest BCUT2D eigenvalue weighted by Crippen LogP contribution is 1.93. The lowest BCUT2D eigenvalue weighted by atomic mass is 10.4. The van der Waals surface area contributed by atoms with Crippen LogP contribution in [0, 0.1) is 14.9 Å². The molecule has 0 bridgehead atoms. The third kappa shape index (κ3) is 2.04. The van der Waals surface area contributed by atoms with E-state index in [2.05, 4.69) is 0 Å². The fraction of sp³-hybridized carbons (Fsp3) is 0.375. The second kappa shape index (κ2) is 4.41. The van der Waals surface area contributed by atoms with Crippen LogP contribution in [0.2, 0.25) is 0 Å². The minimum atomic E-state index is -0.384. The number of aryl methyl sites for hydroxylation is 1. The molecule has 1 aromatic rings. The van der Waals surface area contributed by atoms with Gasteiger partial charge in [0.25, 0.3) is 5.56 Å². The van der Waals surface area contributed by atoms with Crippen LogP contribution >= 0.6 is 22.6 Å². The highest BCUT2D eigenvalue weighted by atomic mass is 127. The van der Waals surface area contributed by atoms with Crippen molar-refractivity contribution in [3.05, 3.63) is 30.6 Å². The summed E-state index contributed by atoms with van der Waals surface area (Å²) in [6, 6.07) is 1.90. The fourth-order valence-corrected chi connectivity index (χ4v) is 1.75. The van der Waals surface area contributed by atoms with E-state index in [1.54, 1.807) is 7.05 Å². The smallest absolute Gasteiger partial charge is 0.302 e. The van der Waals surface area contributed by atoms with Gasteiger partial charge in [0.2, 0.25) is 0 Å². The Morgan fingerprint density at radius 3 is 2.79 bits per heavy atom. The van der Waals surface area contributed by atoms with E-state index < -0.39 is 0 Å². The molecule has 0 fully saturated rings. The SMILES string of the molecule is Cn1cc(I)c(=O)n(CCC#N)c1=O. The summed E-state index contributed by atoms with van der Waals surface area (Å²) in [6.45, 7) is 0.152. The zero-order valence-corrected chi connectivity index (χ0v) is 9.69. The van der Waals surface area contributed by atoms with Crippen LogP contribution in [0.3, 0.4) is 0 Å². The average Bonchev–Trinajstić information content (AvgIpc) is 2.15. The van der Waals surface area contributed by atoms with Crippen LogP contribution in [0.1, 0.15) is 6.42 Å². The van der Waals surface area contributed by atoms with Gasteiger partial charge in [-0.1, -0.05) is 0 Å². The number of aromatic nitrogens is 2. The van der Waals surface area contributed by atoms with E-state index in [1.807, 2.05) is 28.7 Å². The van der Waals surface area contributed by atoms with Crippen molar-refractivity contribution in [1.29, 1.82) is 5.26 Å². The maximum atomic E-state index is 11.5. The Bertz CT molecular complexity index is 461. The number of hydrogen-bond donors (Lipinski definition) is 0. The molecular weight excluding hydrogens is 297 g/mol.